The summed E-state index contributed by atoms with van der Waals surface area (Å²) in [4.78, 5) is 24.6. The summed E-state index contributed by atoms with van der Waals surface area (Å²) in [5.74, 6) is -0.255. The minimum Gasteiger partial charge on any atom is -0.374 e. The molecule has 1 aromatic carbocycles. The van der Waals surface area contributed by atoms with Gasteiger partial charge in [-0.05, 0) is 45.1 Å². The van der Waals surface area contributed by atoms with Gasteiger partial charge in [-0.1, -0.05) is 24.4 Å². The number of nitro groups is 1. The Bertz CT molecular complexity index is 942. The SMILES string of the molecule is CCNC(=S)C(C(=O)c1ccc(C)c([N+](=O)[O-])c1)[n+]1ccc2c(c1)CCCC2. The summed E-state index contributed by atoms with van der Waals surface area (Å²) in [6.45, 7) is 4.18. The number of Topliss-reactive ketones (excluding diaryl/α,β-unsaturated/α-hetero) is 1. The van der Waals surface area contributed by atoms with Crippen LogP contribution < -0.4 is 9.88 Å². The molecule has 1 atom stereocenters. The highest BCUT2D eigenvalue weighted by Gasteiger charge is 2.34. The summed E-state index contributed by atoms with van der Waals surface area (Å²) in [7, 11) is 0. The lowest BCUT2D eigenvalue weighted by atomic mass is 9.93. The summed E-state index contributed by atoms with van der Waals surface area (Å²) in [6.07, 6.45) is 8.25. The predicted octanol–water partition coefficient (Wildman–Crippen LogP) is 3.43. The van der Waals surface area contributed by atoms with Crippen molar-refractivity contribution in [3.05, 3.63) is 69.0 Å². The van der Waals surface area contributed by atoms with Gasteiger partial charge >= 0.3 is 0 Å². The van der Waals surface area contributed by atoms with E-state index in [0.717, 1.165) is 19.3 Å². The molecule has 0 amide bonds. The second-order valence-electron chi connectivity index (χ2n) is 7.07. The number of hydrogen-bond donors (Lipinski definition) is 1. The summed E-state index contributed by atoms with van der Waals surface area (Å²) in [6, 6.07) is 5.91. The van der Waals surface area contributed by atoms with Gasteiger partial charge < -0.3 is 5.32 Å². The van der Waals surface area contributed by atoms with Crippen LogP contribution in [-0.2, 0) is 12.8 Å². The third-order valence-corrected chi connectivity index (χ3v) is 5.51. The molecule has 0 spiro atoms. The lowest BCUT2D eigenvalue weighted by Gasteiger charge is -2.18. The van der Waals surface area contributed by atoms with Crippen molar-refractivity contribution in [3.63, 3.8) is 0 Å². The first-order chi connectivity index (χ1) is 13.4. The quantitative estimate of drug-likeness (QED) is 0.265. The van der Waals surface area contributed by atoms with Gasteiger partial charge in [0.2, 0.25) is 5.78 Å². The highest BCUT2D eigenvalue weighted by atomic mass is 32.1. The molecule has 0 radical (unpaired) electrons. The van der Waals surface area contributed by atoms with Crippen molar-refractivity contribution in [1.82, 2.24) is 5.32 Å². The zero-order valence-electron chi connectivity index (χ0n) is 16.1. The topological polar surface area (TPSA) is 76.1 Å². The van der Waals surface area contributed by atoms with Crippen molar-refractivity contribution in [2.75, 3.05) is 6.54 Å². The molecule has 0 fully saturated rings. The molecule has 1 aliphatic carbocycles. The summed E-state index contributed by atoms with van der Waals surface area (Å²) >= 11 is 5.51. The van der Waals surface area contributed by atoms with Gasteiger partial charge in [0, 0.05) is 35.4 Å². The number of aryl methyl sites for hydroxylation is 3. The van der Waals surface area contributed by atoms with Crippen molar-refractivity contribution >= 4 is 28.7 Å². The van der Waals surface area contributed by atoms with E-state index in [1.165, 1.54) is 23.6 Å². The van der Waals surface area contributed by atoms with E-state index in [9.17, 15) is 14.9 Å². The molecule has 0 saturated heterocycles. The molecule has 7 heteroatoms. The van der Waals surface area contributed by atoms with Crippen molar-refractivity contribution < 1.29 is 14.3 Å². The van der Waals surface area contributed by atoms with E-state index in [1.807, 2.05) is 23.9 Å². The molecule has 6 nitrogen and oxygen atoms in total. The first kappa shape index (κ1) is 20.1. The Morgan fingerprint density at radius 3 is 2.68 bits per heavy atom. The van der Waals surface area contributed by atoms with Gasteiger partial charge in [0.05, 0.1) is 4.92 Å². The molecule has 146 valence electrons. The fourth-order valence-electron chi connectivity index (χ4n) is 3.63. The molecule has 3 rings (SSSR count). The summed E-state index contributed by atoms with van der Waals surface area (Å²) in [5.41, 5.74) is 3.30. The van der Waals surface area contributed by atoms with Gasteiger partial charge in [0.25, 0.3) is 11.7 Å². The maximum absolute atomic E-state index is 13.3. The van der Waals surface area contributed by atoms with Gasteiger partial charge in [-0.25, -0.2) is 0 Å². The predicted molar refractivity (Wildman–Crippen MR) is 111 cm³/mol. The van der Waals surface area contributed by atoms with E-state index >= 15 is 0 Å². The molecule has 1 aliphatic rings. The van der Waals surface area contributed by atoms with Crippen LogP contribution >= 0.6 is 12.2 Å². The number of thiocarbonyl (C=S) groups is 1. The number of nitrogens with one attached hydrogen (secondary N) is 1. The van der Waals surface area contributed by atoms with Crippen molar-refractivity contribution in [3.8, 4) is 0 Å². The number of carbonyl (C=O) groups excluding carboxylic acids is 1. The smallest absolute Gasteiger partial charge is 0.273 e. The van der Waals surface area contributed by atoms with Gasteiger partial charge in [-0.2, -0.15) is 4.57 Å². The van der Waals surface area contributed by atoms with E-state index in [2.05, 4.69) is 11.4 Å². The van der Waals surface area contributed by atoms with Crippen molar-refractivity contribution in [2.24, 2.45) is 0 Å². The Morgan fingerprint density at radius 1 is 1.29 bits per heavy atom. The van der Waals surface area contributed by atoms with Crippen LogP contribution in [0.2, 0.25) is 0 Å². The fourth-order valence-corrected chi connectivity index (χ4v) is 4.00. The highest BCUT2D eigenvalue weighted by Crippen LogP contribution is 2.23. The van der Waals surface area contributed by atoms with Crippen LogP contribution in [0.4, 0.5) is 5.69 Å². The number of ketones is 1. The summed E-state index contributed by atoms with van der Waals surface area (Å²) in [5, 5.41) is 14.4. The van der Waals surface area contributed by atoms with E-state index in [4.69, 9.17) is 12.2 Å². The Labute approximate surface area is 169 Å². The zero-order chi connectivity index (χ0) is 20.3. The molecule has 0 aliphatic heterocycles. The first-order valence-corrected chi connectivity index (χ1v) is 9.92. The third kappa shape index (κ3) is 4.09. The Kier molecular flexibility index (Phi) is 6.14. The Morgan fingerprint density at radius 2 is 2.00 bits per heavy atom. The van der Waals surface area contributed by atoms with Crippen LogP contribution in [0.1, 0.15) is 52.9 Å². The number of likely N-dealkylation sites (N-methyl/N-ethyl adjacent to an activating group) is 1. The minimum atomic E-state index is -0.732. The lowest BCUT2D eigenvalue weighted by Crippen LogP contribution is -2.51. The first-order valence-electron chi connectivity index (χ1n) is 9.52. The Balaban J connectivity index is 2.03. The monoisotopic (exact) mass is 398 g/mol. The maximum atomic E-state index is 13.3. The van der Waals surface area contributed by atoms with E-state index in [0.29, 0.717) is 17.1 Å². The fraction of sp³-hybridized carbons (Fsp3) is 0.381. The number of rotatable bonds is 6. The molecule has 1 N–H and O–H groups in total. The third-order valence-electron chi connectivity index (χ3n) is 5.14. The second kappa shape index (κ2) is 8.56. The van der Waals surface area contributed by atoms with Gasteiger partial charge in [-0.3, -0.25) is 14.9 Å². The Hall–Kier alpha value is -2.67. The number of hydrogen-bond acceptors (Lipinski definition) is 4. The minimum absolute atomic E-state index is 0.0607. The zero-order valence-corrected chi connectivity index (χ0v) is 16.9. The van der Waals surface area contributed by atoms with Gasteiger partial charge in [0.15, 0.2) is 17.4 Å². The normalized spacial score (nSPS) is 14.1. The van der Waals surface area contributed by atoms with Crippen LogP contribution in [0.3, 0.4) is 0 Å². The average Bonchev–Trinajstić information content (AvgIpc) is 2.68. The number of fused-ring (bicyclic) bond motifs is 1. The average molecular weight is 399 g/mol. The molecular formula is C21H24N3O3S+. The van der Waals surface area contributed by atoms with Crippen LogP contribution in [-0.4, -0.2) is 22.2 Å². The molecule has 1 unspecified atom stereocenters. The number of carbonyl (C=O) groups is 1. The van der Waals surface area contributed by atoms with Gasteiger partial charge in [0.1, 0.15) is 0 Å². The molecule has 0 saturated carbocycles. The van der Waals surface area contributed by atoms with Crippen molar-refractivity contribution in [2.45, 2.75) is 45.6 Å². The lowest BCUT2D eigenvalue weighted by molar-refractivity contribution is -0.692. The number of aromatic nitrogens is 1. The molecule has 28 heavy (non-hydrogen) atoms. The molecule has 0 bridgehead atoms. The van der Waals surface area contributed by atoms with E-state index < -0.39 is 11.0 Å². The highest BCUT2D eigenvalue weighted by molar-refractivity contribution is 7.80. The second-order valence-corrected chi connectivity index (χ2v) is 7.51. The standard InChI is InChI=1S/C21H23N3O3S/c1-3-22-21(28)19(23-11-10-15-6-4-5-7-17(15)13-23)20(25)16-9-8-14(2)18(12-16)24(26)27/h8-13,19H,3-7H2,1-2H3/p+1. The number of benzene rings is 1. The van der Waals surface area contributed by atoms with Crippen LogP contribution in [0.5, 0.6) is 0 Å². The van der Waals surface area contributed by atoms with E-state index in [1.54, 1.807) is 19.1 Å². The van der Waals surface area contributed by atoms with Crippen LogP contribution in [0.25, 0.3) is 0 Å². The number of nitro benzene ring substituents is 1. The van der Waals surface area contributed by atoms with Crippen LogP contribution in [0, 0.1) is 17.0 Å². The molecule has 1 heterocycles. The molecular weight excluding hydrogens is 374 g/mol. The van der Waals surface area contributed by atoms with Crippen LogP contribution in [0.15, 0.2) is 36.7 Å². The largest absolute Gasteiger partial charge is 0.374 e. The molecule has 1 aromatic heterocycles. The molecule has 2 aromatic rings. The summed E-state index contributed by atoms with van der Waals surface area (Å²) < 4.78 is 1.84. The number of pyridine rings is 1. The van der Waals surface area contributed by atoms with Gasteiger partial charge in [-0.15, -0.1) is 0 Å². The maximum Gasteiger partial charge on any atom is 0.273 e. The van der Waals surface area contributed by atoms with Crippen molar-refractivity contribution in [1.29, 1.82) is 0 Å². The number of nitrogens with zero attached hydrogens (tertiary/aromatic N) is 2. The van der Waals surface area contributed by atoms with E-state index in [-0.39, 0.29) is 17.0 Å².